The number of hydrogen-bond donors (Lipinski definition) is 1. The summed E-state index contributed by atoms with van der Waals surface area (Å²) in [6, 6.07) is 0. The van der Waals surface area contributed by atoms with Crippen LogP contribution in [-0.2, 0) is 4.74 Å². The summed E-state index contributed by atoms with van der Waals surface area (Å²) < 4.78 is 4.94. The van der Waals surface area contributed by atoms with Crippen LogP contribution >= 0.6 is 0 Å². The zero-order chi connectivity index (χ0) is 7.11. The van der Waals surface area contributed by atoms with E-state index in [1.807, 2.05) is 0 Å². The highest BCUT2D eigenvalue weighted by atomic mass is 16.5. The van der Waals surface area contributed by atoms with Crippen molar-refractivity contribution in [2.75, 3.05) is 13.2 Å². The summed E-state index contributed by atoms with van der Waals surface area (Å²) >= 11 is 0. The van der Waals surface area contributed by atoms with E-state index in [9.17, 15) is 0 Å². The molecule has 1 heterocycles. The van der Waals surface area contributed by atoms with Crippen LogP contribution in [0.25, 0.3) is 0 Å². The van der Waals surface area contributed by atoms with Crippen LogP contribution in [-0.4, -0.2) is 24.4 Å². The van der Waals surface area contributed by atoms with Crippen LogP contribution in [0.2, 0.25) is 0 Å². The molecule has 1 aliphatic heterocycles. The largest absolute Gasteiger partial charge is 0.394 e. The fraction of sp³-hybridized carbons (Fsp3) is 1.00. The van der Waals surface area contributed by atoms with Crippen molar-refractivity contribution in [3.8, 4) is 0 Å². The Labute approximate surface area is 56.8 Å². The fourth-order valence-electron chi connectivity index (χ4n) is 0.510. The standard InChI is InChI=1S/C4H8O.C3H8O/c1-2-4-5-3-1;1-3(2)4/h1-4H2;3-4H,1-2H3. The molecule has 2 heteroatoms. The van der Waals surface area contributed by atoms with Crippen molar-refractivity contribution < 1.29 is 9.84 Å². The Morgan fingerprint density at radius 3 is 1.67 bits per heavy atom. The van der Waals surface area contributed by atoms with Crippen molar-refractivity contribution in [3.63, 3.8) is 0 Å². The van der Waals surface area contributed by atoms with Gasteiger partial charge in [0.15, 0.2) is 0 Å². The fourth-order valence-corrected chi connectivity index (χ4v) is 0.510. The third-order valence-corrected chi connectivity index (χ3v) is 0.827. The lowest BCUT2D eigenvalue weighted by atomic mass is 10.4. The van der Waals surface area contributed by atoms with Gasteiger partial charge in [-0.25, -0.2) is 0 Å². The first-order valence-electron chi connectivity index (χ1n) is 3.49. The van der Waals surface area contributed by atoms with Crippen molar-refractivity contribution in [2.45, 2.75) is 32.8 Å². The molecule has 0 aromatic heterocycles. The lowest BCUT2D eigenvalue weighted by Gasteiger charge is -1.80. The molecule has 0 aliphatic carbocycles. The lowest BCUT2D eigenvalue weighted by Crippen LogP contribution is -1.85. The van der Waals surface area contributed by atoms with Crippen LogP contribution in [0.4, 0.5) is 0 Å². The van der Waals surface area contributed by atoms with Gasteiger partial charge in [-0.15, -0.1) is 0 Å². The van der Waals surface area contributed by atoms with E-state index in [2.05, 4.69) is 0 Å². The van der Waals surface area contributed by atoms with Gasteiger partial charge in [0.1, 0.15) is 0 Å². The lowest BCUT2D eigenvalue weighted by molar-refractivity contribution is 0.198. The molecule has 1 aliphatic rings. The molecule has 0 radical (unpaired) electrons. The smallest absolute Gasteiger partial charge is 0.0483 e. The summed E-state index contributed by atoms with van der Waals surface area (Å²) in [5.41, 5.74) is 0. The Morgan fingerprint density at radius 2 is 1.56 bits per heavy atom. The number of hydrogen-bond acceptors (Lipinski definition) is 2. The Morgan fingerprint density at radius 1 is 1.22 bits per heavy atom. The van der Waals surface area contributed by atoms with Crippen molar-refractivity contribution in [2.24, 2.45) is 0 Å². The minimum atomic E-state index is -0.167. The monoisotopic (exact) mass is 132 g/mol. The molecular weight excluding hydrogens is 116 g/mol. The summed E-state index contributed by atoms with van der Waals surface area (Å²) in [6.07, 6.45) is 2.39. The maximum atomic E-state index is 8.06. The highest BCUT2D eigenvalue weighted by Crippen LogP contribution is 1.98. The second-order valence-electron chi connectivity index (χ2n) is 2.41. The van der Waals surface area contributed by atoms with Gasteiger partial charge in [0.05, 0.1) is 0 Å². The van der Waals surface area contributed by atoms with Gasteiger partial charge >= 0.3 is 0 Å². The molecule has 0 atom stereocenters. The van der Waals surface area contributed by atoms with Crippen molar-refractivity contribution in [3.05, 3.63) is 0 Å². The van der Waals surface area contributed by atoms with Gasteiger partial charge in [-0.1, -0.05) is 0 Å². The summed E-state index contributed by atoms with van der Waals surface area (Å²) in [5.74, 6) is 0. The minimum Gasteiger partial charge on any atom is -0.394 e. The number of ether oxygens (including phenoxy) is 1. The molecule has 0 aromatic rings. The van der Waals surface area contributed by atoms with E-state index >= 15 is 0 Å². The molecule has 1 saturated heterocycles. The molecule has 0 bridgehead atoms. The van der Waals surface area contributed by atoms with Gasteiger partial charge in [-0.3, -0.25) is 0 Å². The SMILES string of the molecule is C1CCOC1.CC(C)O. The molecule has 56 valence electrons. The molecule has 0 amide bonds. The molecule has 0 aromatic carbocycles. The topological polar surface area (TPSA) is 29.5 Å². The highest BCUT2D eigenvalue weighted by Gasteiger charge is 1.94. The number of aliphatic hydroxyl groups excluding tert-OH is 1. The summed E-state index contributed by atoms with van der Waals surface area (Å²) in [4.78, 5) is 0. The quantitative estimate of drug-likeness (QED) is 0.536. The molecule has 0 unspecified atom stereocenters. The highest BCUT2D eigenvalue weighted by molar-refractivity contribution is 4.43. The molecular formula is C7H16O2. The molecule has 2 nitrogen and oxygen atoms in total. The zero-order valence-corrected chi connectivity index (χ0v) is 6.26. The Hall–Kier alpha value is -0.0800. The van der Waals surface area contributed by atoms with Gasteiger partial charge < -0.3 is 9.84 Å². The maximum Gasteiger partial charge on any atom is 0.0483 e. The van der Waals surface area contributed by atoms with Crippen molar-refractivity contribution in [1.29, 1.82) is 0 Å². The molecule has 1 fully saturated rings. The van der Waals surface area contributed by atoms with E-state index in [1.54, 1.807) is 13.8 Å². The summed E-state index contributed by atoms with van der Waals surface area (Å²) in [6.45, 7) is 5.44. The van der Waals surface area contributed by atoms with Crippen LogP contribution in [0.15, 0.2) is 0 Å². The predicted octanol–water partition coefficient (Wildman–Crippen LogP) is 1.18. The summed E-state index contributed by atoms with van der Waals surface area (Å²) in [7, 11) is 0. The normalized spacial score (nSPS) is 17.3. The first kappa shape index (κ1) is 8.92. The van der Waals surface area contributed by atoms with E-state index < -0.39 is 0 Å². The first-order valence-corrected chi connectivity index (χ1v) is 3.49. The van der Waals surface area contributed by atoms with Gasteiger partial charge in [-0.2, -0.15) is 0 Å². The number of rotatable bonds is 0. The molecule has 1 N–H and O–H groups in total. The second kappa shape index (κ2) is 6.05. The van der Waals surface area contributed by atoms with E-state index in [0.717, 1.165) is 13.2 Å². The predicted molar refractivity (Wildman–Crippen MR) is 37.4 cm³/mol. The molecule has 0 saturated carbocycles. The first-order chi connectivity index (χ1) is 4.23. The average Bonchev–Trinajstić information content (AvgIpc) is 2.11. The van der Waals surface area contributed by atoms with Gasteiger partial charge in [0.25, 0.3) is 0 Å². The number of aliphatic hydroxyl groups is 1. The Balaban J connectivity index is 0.000000148. The Kier molecular flexibility index (Phi) is 5.99. The average molecular weight is 132 g/mol. The van der Waals surface area contributed by atoms with Crippen LogP contribution in [0, 0.1) is 0 Å². The molecule has 1 rings (SSSR count). The van der Waals surface area contributed by atoms with Crippen molar-refractivity contribution in [1.82, 2.24) is 0 Å². The van der Waals surface area contributed by atoms with Crippen LogP contribution in [0.5, 0.6) is 0 Å². The Bertz CT molecular complexity index is 38.5. The van der Waals surface area contributed by atoms with Crippen LogP contribution in [0.3, 0.4) is 0 Å². The summed E-state index contributed by atoms with van der Waals surface area (Å²) in [5, 5.41) is 8.06. The molecule has 0 spiro atoms. The van der Waals surface area contributed by atoms with Crippen LogP contribution in [0.1, 0.15) is 26.7 Å². The third kappa shape index (κ3) is 11.5. The van der Waals surface area contributed by atoms with E-state index in [4.69, 9.17) is 9.84 Å². The van der Waals surface area contributed by atoms with Gasteiger partial charge in [0, 0.05) is 19.3 Å². The maximum absolute atomic E-state index is 8.06. The van der Waals surface area contributed by atoms with E-state index in [-0.39, 0.29) is 6.10 Å². The molecule has 9 heavy (non-hydrogen) atoms. The zero-order valence-electron chi connectivity index (χ0n) is 6.26. The second-order valence-corrected chi connectivity index (χ2v) is 2.41. The van der Waals surface area contributed by atoms with Gasteiger partial charge in [0.2, 0.25) is 0 Å². The van der Waals surface area contributed by atoms with E-state index in [0.29, 0.717) is 0 Å². The minimum absolute atomic E-state index is 0.167. The van der Waals surface area contributed by atoms with Crippen LogP contribution < -0.4 is 0 Å². The van der Waals surface area contributed by atoms with Crippen molar-refractivity contribution >= 4 is 0 Å². The van der Waals surface area contributed by atoms with Gasteiger partial charge in [-0.05, 0) is 26.7 Å². The van der Waals surface area contributed by atoms with E-state index in [1.165, 1.54) is 12.8 Å². The third-order valence-electron chi connectivity index (χ3n) is 0.827.